The average Bonchev–Trinajstić information content (AvgIpc) is 2.47. The number of nitrogens with one attached hydrogen (secondary N) is 1. The molecule has 0 aliphatic carbocycles. The van der Waals surface area contributed by atoms with Crippen LogP contribution in [-0.2, 0) is 11.2 Å². The summed E-state index contributed by atoms with van der Waals surface area (Å²) >= 11 is 9.24. The maximum Gasteiger partial charge on any atom is 0.220 e. The van der Waals surface area contributed by atoms with E-state index in [0.717, 1.165) is 22.0 Å². The molecule has 0 fully saturated rings. The van der Waals surface area contributed by atoms with E-state index in [-0.39, 0.29) is 11.9 Å². The van der Waals surface area contributed by atoms with Crippen molar-refractivity contribution in [3.63, 3.8) is 0 Å². The Balaban J connectivity index is 1.83. The first-order valence-electron chi connectivity index (χ1n) is 6.84. The Labute approximate surface area is 138 Å². The van der Waals surface area contributed by atoms with Crippen molar-refractivity contribution in [2.24, 2.45) is 0 Å². The number of halogens is 2. The zero-order valence-corrected chi connectivity index (χ0v) is 14.1. The van der Waals surface area contributed by atoms with Crippen molar-refractivity contribution in [2.45, 2.75) is 25.8 Å². The summed E-state index contributed by atoms with van der Waals surface area (Å²) in [7, 11) is 0. The Bertz CT molecular complexity index is 595. The van der Waals surface area contributed by atoms with Gasteiger partial charge < -0.3 is 5.32 Å². The molecule has 1 unspecified atom stereocenters. The summed E-state index contributed by atoms with van der Waals surface area (Å²) in [6, 6.07) is 15.6. The predicted molar refractivity (Wildman–Crippen MR) is 90.5 cm³/mol. The van der Waals surface area contributed by atoms with E-state index in [0.29, 0.717) is 11.4 Å². The molecular formula is C17H17BrClNO. The largest absolute Gasteiger partial charge is 0.350 e. The number of carbonyl (C=O) groups is 1. The summed E-state index contributed by atoms with van der Waals surface area (Å²) in [5.41, 5.74) is 2.21. The smallest absolute Gasteiger partial charge is 0.220 e. The fourth-order valence-corrected chi connectivity index (χ4v) is 2.45. The third-order valence-corrected chi connectivity index (χ3v) is 4.08. The molecule has 0 aliphatic heterocycles. The lowest BCUT2D eigenvalue weighted by Crippen LogP contribution is -2.26. The van der Waals surface area contributed by atoms with E-state index < -0.39 is 0 Å². The molecule has 0 saturated carbocycles. The Morgan fingerprint density at radius 3 is 2.38 bits per heavy atom. The number of hydrogen-bond donors (Lipinski definition) is 1. The van der Waals surface area contributed by atoms with Gasteiger partial charge in [0.05, 0.1) is 6.04 Å². The topological polar surface area (TPSA) is 29.1 Å². The van der Waals surface area contributed by atoms with Crippen LogP contribution in [0.3, 0.4) is 0 Å². The molecule has 2 rings (SSSR count). The lowest BCUT2D eigenvalue weighted by molar-refractivity contribution is -0.121. The third kappa shape index (κ3) is 5.18. The normalized spacial score (nSPS) is 12.0. The molecule has 1 amide bonds. The molecule has 4 heteroatoms. The van der Waals surface area contributed by atoms with Gasteiger partial charge in [0, 0.05) is 15.9 Å². The van der Waals surface area contributed by atoms with Crippen LogP contribution >= 0.6 is 27.5 Å². The van der Waals surface area contributed by atoms with Gasteiger partial charge in [-0.25, -0.2) is 0 Å². The van der Waals surface area contributed by atoms with Gasteiger partial charge in [-0.1, -0.05) is 51.8 Å². The molecule has 2 aromatic carbocycles. The predicted octanol–water partition coefficient (Wildman–Crippen LogP) is 4.91. The fraction of sp³-hybridized carbons (Fsp3) is 0.235. The Kier molecular flexibility index (Phi) is 5.83. The number of aryl methyl sites for hydroxylation is 1. The lowest BCUT2D eigenvalue weighted by Gasteiger charge is -2.14. The third-order valence-electron chi connectivity index (χ3n) is 3.30. The molecule has 0 saturated heterocycles. The van der Waals surface area contributed by atoms with Crippen LogP contribution in [0.15, 0.2) is 53.0 Å². The molecule has 0 spiro atoms. The number of hydrogen-bond acceptors (Lipinski definition) is 1. The minimum Gasteiger partial charge on any atom is -0.350 e. The monoisotopic (exact) mass is 365 g/mol. The van der Waals surface area contributed by atoms with Gasteiger partial charge in [0.1, 0.15) is 0 Å². The molecule has 2 nitrogen and oxygen atoms in total. The first-order valence-corrected chi connectivity index (χ1v) is 8.01. The van der Waals surface area contributed by atoms with E-state index in [1.54, 1.807) is 0 Å². The highest BCUT2D eigenvalue weighted by atomic mass is 79.9. The van der Waals surface area contributed by atoms with Crippen molar-refractivity contribution < 1.29 is 4.79 Å². The second kappa shape index (κ2) is 7.62. The molecule has 110 valence electrons. The number of rotatable bonds is 5. The molecule has 0 bridgehead atoms. The SMILES string of the molecule is CC(NC(=O)CCc1ccc(Cl)cc1)c1ccc(Br)cc1. The molecule has 0 radical (unpaired) electrons. The van der Waals surface area contributed by atoms with Gasteiger partial charge in [-0.2, -0.15) is 0 Å². The van der Waals surface area contributed by atoms with Gasteiger partial charge in [0.2, 0.25) is 5.91 Å². The fourth-order valence-electron chi connectivity index (χ4n) is 2.06. The minimum absolute atomic E-state index is 0.0100. The Morgan fingerprint density at radius 2 is 1.76 bits per heavy atom. The molecule has 0 aliphatic rings. The van der Waals surface area contributed by atoms with Crippen molar-refractivity contribution in [1.82, 2.24) is 5.32 Å². The van der Waals surface area contributed by atoms with Crippen LogP contribution in [0.1, 0.15) is 30.5 Å². The molecule has 1 N–H and O–H groups in total. The second-order valence-corrected chi connectivity index (χ2v) is 6.32. The van der Waals surface area contributed by atoms with E-state index in [4.69, 9.17) is 11.6 Å². The maximum atomic E-state index is 12.0. The van der Waals surface area contributed by atoms with E-state index in [9.17, 15) is 4.79 Å². The summed E-state index contributed by atoms with van der Waals surface area (Å²) in [4.78, 5) is 12.0. The van der Waals surface area contributed by atoms with Crippen LogP contribution in [0.25, 0.3) is 0 Å². The van der Waals surface area contributed by atoms with Gasteiger partial charge in [-0.05, 0) is 48.7 Å². The summed E-state index contributed by atoms with van der Waals surface area (Å²) < 4.78 is 1.03. The number of benzene rings is 2. The second-order valence-electron chi connectivity index (χ2n) is 4.97. The lowest BCUT2D eigenvalue weighted by atomic mass is 10.1. The van der Waals surface area contributed by atoms with Crippen LogP contribution in [0, 0.1) is 0 Å². The van der Waals surface area contributed by atoms with Crippen LogP contribution in [-0.4, -0.2) is 5.91 Å². The van der Waals surface area contributed by atoms with E-state index in [1.807, 2.05) is 55.5 Å². The molecule has 0 heterocycles. The molecule has 2 aromatic rings. The molecule has 0 aromatic heterocycles. The zero-order valence-electron chi connectivity index (χ0n) is 11.8. The first kappa shape index (κ1) is 16.1. The van der Waals surface area contributed by atoms with Gasteiger partial charge in [0.15, 0.2) is 0 Å². The quantitative estimate of drug-likeness (QED) is 0.800. The van der Waals surface area contributed by atoms with Gasteiger partial charge in [-0.15, -0.1) is 0 Å². The molecular weight excluding hydrogens is 350 g/mol. The van der Waals surface area contributed by atoms with E-state index >= 15 is 0 Å². The van der Waals surface area contributed by atoms with Crippen LogP contribution in [0.5, 0.6) is 0 Å². The summed E-state index contributed by atoms with van der Waals surface area (Å²) in [6.07, 6.45) is 1.19. The van der Waals surface area contributed by atoms with Crippen LogP contribution in [0.2, 0.25) is 5.02 Å². The van der Waals surface area contributed by atoms with Crippen molar-refractivity contribution in [3.8, 4) is 0 Å². The summed E-state index contributed by atoms with van der Waals surface area (Å²) in [6.45, 7) is 1.99. The van der Waals surface area contributed by atoms with Crippen molar-refractivity contribution in [2.75, 3.05) is 0 Å². The van der Waals surface area contributed by atoms with Crippen molar-refractivity contribution in [1.29, 1.82) is 0 Å². The van der Waals surface area contributed by atoms with Crippen molar-refractivity contribution >= 4 is 33.4 Å². The van der Waals surface area contributed by atoms with E-state index in [1.165, 1.54) is 0 Å². The first-order chi connectivity index (χ1) is 10.0. The van der Waals surface area contributed by atoms with Gasteiger partial charge in [0.25, 0.3) is 0 Å². The highest BCUT2D eigenvalue weighted by molar-refractivity contribution is 9.10. The Hall–Kier alpha value is -1.32. The Morgan fingerprint density at radius 1 is 1.14 bits per heavy atom. The van der Waals surface area contributed by atoms with Crippen molar-refractivity contribution in [3.05, 3.63) is 69.2 Å². The number of amides is 1. The highest BCUT2D eigenvalue weighted by Crippen LogP contribution is 2.17. The average molecular weight is 367 g/mol. The number of carbonyl (C=O) groups excluding carboxylic acids is 1. The molecule has 21 heavy (non-hydrogen) atoms. The van der Waals surface area contributed by atoms with Gasteiger partial charge in [-0.3, -0.25) is 4.79 Å². The van der Waals surface area contributed by atoms with Crippen LogP contribution in [0.4, 0.5) is 0 Å². The maximum absolute atomic E-state index is 12.0. The summed E-state index contributed by atoms with van der Waals surface area (Å²) in [5, 5.41) is 3.73. The zero-order chi connectivity index (χ0) is 15.2. The minimum atomic E-state index is 0.0100. The molecule has 1 atom stereocenters. The van der Waals surface area contributed by atoms with Crippen LogP contribution < -0.4 is 5.32 Å². The standard InChI is InChI=1S/C17H17BrClNO/c1-12(14-5-7-15(18)8-6-14)20-17(21)11-4-13-2-9-16(19)10-3-13/h2-3,5-10,12H,4,11H2,1H3,(H,20,21). The van der Waals surface area contributed by atoms with E-state index in [2.05, 4.69) is 21.2 Å². The summed E-state index contributed by atoms with van der Waals surface area (Å²) in [5.74, 6) is 0.0559. The highest BCUT2D eigenvalue weighted by Gasteiger charge is 2.09. The van der Waals surface area contributed by atoms with Gasteiger partial charge >= 0.3 is 0 Å².